The Labute approximate surface area is 145 Å². The standard InChI is InChI=1S/C19H39NO2S/c1-3-5-7-9-11-13-19(12-10-8-6-4-2)18-20-14-16-23(21,22)17-15-20/h19H,3-18H2,1-2H3. The zero-order valence-corrected chi connectivity index (χ0v) is 16.4. The summed E-state index contributed by atoms with van der Waals surface area (Å²) in [5.41, 5.74) is 0. The maximum atomic E-state index is 11.6. The van der Waals surface area contributed by atoms with Crippen LogP contribution in [0.5, 0.6) is 0 Å². The van der Waals surface area contributed by atoms with Gasteiger partial charge in [0.25, 0.3) is 0 Å². The molecule has 1 unspecified atom stereocenters. The van der Waals surface area contributed by atoms with Gasteiger partial charge in [-0.05, 0) is 18.8 Å². The van der Waals surface area contributed by atoms with Crippen LogP contribution in [0.3, 0.4) is 0 Å². The zero-order chi connectivity index (χ0) is 17.0. The van der Waals surface area contributed by atoms with E-state index >= 15 is 0 Å². The summed E-state index contributed by atoms with van der Waals surface area (Å²) in [6.45, 7) is 7.16. The van der Waals surface area contributed by atoms with Crippen molar-refractivity contribution in [2.75, 3.05) is 31.1 Å². The van der Waals surface area contributed by atoms with Crippen LogP contribution in [0.1, 0.15) is 84.5 Å². The Kier molecular flexibility index (Phi) is 11.2. The van der Waals surface area contributed by atoms with Gasteiger partial charge in [0, 0.05) is 19.6 Å². The summed E-state index contributed by atoms with van der Waals surface area (Å²) in [6.07, 6.45) is 14.8. The summed E-state index contributed by atoms with van der Waals surface area (Å²) in [5, 5.41) is 0. The van der Waals surface area contributed by atoms with E-state index in [1.54, 1.807) is 0 Å². The first kappa shape index (κ1) is 21.0. The minimum atomic E-state index is -2.74. The summed E-state index contributed by atoms with van der Waals surface area (Å²) in [6, 6.07) is 0. The van der Waals surface area contributed by atoms with E-state index in [1.807, 2.05) is 0 Å². The Morgan fingerprint density at radius 3 is 1.78 bits per heavy atom. The molecule has 0 N–H and O–H groups in total. The lowest BCUT2D eigenvalue weighted by Gasteiger charge is -2.30. The molecule has 1 heterocycles. The highest BCUT2D eigenvalue weighted by Gasteiger charge is 2.23. The van der Waals surface area contributed by atoms with E-state index in [-0.39, 0.29) is 0 Å². The number of hydrogen-bond acceptors (Lipinski definition) is 3. The van der Waals surface area contributed by atoms with Crippen molar-refractivity contribution in [3.05, 3.63) is 0 Å². The average Bonchev–Trinajstić information content (AvgIpc) is 2.53. The largest absolute Gasteiger partial charge is 0.301 e. The molecule has 1 atom stereocenters. The van der Waals surface area contributed by atoms with Gasteiger partial charge in [0.15, 0.2) is 9.84 Å². The van der Waals surface area contributed by atoms with E-state index in [0.717, 1.165) is 25.6 Å². The molecular formula is C19H39NO2S. The molecule has 1 rings (SSSR count). The third-order valence-corrected chi connectivity index (χ3v) is 6.74. The first-order chi connectivity index (χ1) is 11.1. The van der Waals surface area contributed by atoms with Crippen molar-refractivity contribution in [1.82, 2.24) is 4.90 Å². The highest BCUT2D eigenvalue weighted by Crippen LogP contribution is 2.21. The van der Waals surface area contributed by atoms with Gasteiger partial charge in [-0.3, -0.25) is 0 Å². The topological polar surface area (TPSA) is 37.4 Å². The smallest absolute Gasteiger partial charge is 0.152 e. The van der Waals surface area contributed by atoms with Crippen molar-refractivity contribution in [3.63, 3.8) is 0 Å². The quantitative estimate of drug-likeness (QED) is 0.455. The number of nitrogens with zero attached hydrogens (tertiary/aromatic N) is 1. The lowest BCUT2D eigenvalue weighted by Crippen LogP contribution is -2.42. The van der Waals surface area contributed by atoms with Gasteiger partial charge in [0.2, 0.25) is 0 Å². The van der Waals surface area contributed by atoms with Crippen molar-refractivity contribution < 1.29 is 8.42 Å². The van der Waals surface area contributed by atoms with Gasteiger partial charge >= 0.3 is 0 Å². The summed E-state index contributed by atoms with van der Waals surface area (Å²) < 4.78 is 23.1. The lowest BCUT2D eigenvalue weighted by atomic mass is 9.93. The predicted molar refractivity (Wildman–Crippen MR) is 101 cm³/mol. The molecule has 0 aliphatic carbocycles. The van der Waals surface area contributed by atoms with E-state index in [2.05, 4.69) is 18.7 Å². The van der Waals surface area contributed by atoms with E-state index in [4.69, 9.17) is 0 Å². The molecule has 1 aliphatic heterocycles. The van der Waals surface area contributed by atoms with Gasteiger partial charge in [-0.15, -0.1) is 0 Å². The summed E-state index contributed by atoms with van der Waals surface area (Å²) in [4.78, 5) is 2.40. The van der Waals surface area contributed by atoms with Gasteiger partial charge in [-0.2, -0.15) is 0 Å². The lowest BCUT2D eigenvalue weighted by molar-refractivity contribution is 0.226. The molecule has 138 valence electrons. The molecule has 0 aromatic carbocycles. The van der Waals surface area contributed by atoms with Crippen molar-refractivity contribution in [3.8, 4) is 0 Å². The van der Waals surface area contributed by atoms with Crippen LogP contribution in [0.4, 0.5) is 0 Å². The SMILES string of the molecule is CCCCCCCC(CCCCCC)CN1CCS(=O)(=O)CC1. The number of sulfone groups is 1. The maximum Gasteiger partial charge on any atom is 0.152 e. The molecule has 4 heteroatoms. The second-order valence-electron chi connectivity index (χ2n) is 7.37. The van der Waals surface area contributed by atoms with Crippen molar-refractivity contribution >= 4 is 9.84 Å². The maximum absolute atomic E-state index is 11.6. The van der Waals surface area contributed by atoms with E-state index in [9.17, 15) is 8.42 Å². The van der Waals surface area contributed by atoms with Gasteiger partial charge in [-0.25, -0.2) is 8.42 Å². The summed E-state index contributed by atoms with van der Waals surface area (Å²) in [7, 11) is -2.74. The van der Waals surface area contributed by atoms with Crippen LogP contribution in [0.15, 0.2) is 0 Å². The Morgan fingerprint density at radius 1 is 0.783 bits per heavy atom. The molecule has 0 aromatic heterocycles. The first-order valence-corrected chi connectivity index (χ1v) is 11.8. The van der Waals surface area contributed by atoms with Crippen molar-refractivity contribution in [2.24, 2.45) is 5.92 Å². The Bertz CT molecular complexity index is 367. The molecule has 23 heavy (non-hydrogen) atoms. The Morgan fingerprint density at radius 2 is 1.26 bits per heavy atom. The molecule has 0 radical (unpaired) electrons. The third-order valence-electron chi connectivity index (χ3n) is 5.14. The van der Waals surface area contributed by atoms with E-state index < -0.39 is 9.84 Å². The molecule has 1 aliphatic rings. The van der Waals surface area contributed by atoms with Crippen LogP contribution >= 0.6 is 0 Å². The van der Waals surface area contributed by atoms with Gasteiger partial charge in [0.05, 0.1) is 11.5 Å². The van der Waals surface area contributed by atoms with Crippen LogP contribution < -0.4 is 0 Å². The molecule has 0 spiro atoms. The third kappa shape index (κ3) is 10.4. The minimum Gasteiger partial charge on any atom is -0.301 e. The molecule has 0 bridgehead atoms. The fourth-order valence-corrected chi connectivity index (χ4v) is 4.80. The molecule has 0 amide bonds. The van der Waals surface area contributed by atoms with E-state index in [1.165, 1.54) is 70.6 Å². The fourth-order valence-electron chi connectivity index (χ4n) is 3.52. The van der Waals surface area contributed by atoms with Crippen LogP contribution in [0.25, 0.3) is 0 Å². The molecule has 1 saturated heterocycles. The normalized spacial score (nSPS) is 19.7. The second-order valence-corrected chi connectivity index (χ2v) is 9.67. The highest BCUT2D eigenvalue weighted by molar-refractivity contribution is 7.91. The van der Waals surface area contributed by atoms with Crippen LogP contribution in [-0.4, -0.2) is 44.5 Å². The highest BCUT2D eigenvalue weighted by atomic mass is 32.2. The van der Waals surface area contributed by atoms with Gasteiger partial charge < -0.3 is 4.90 Å². The average molecular weight is 346 g/mol. The number of hydrogen-bond donors (Lipinski definition) is 0. The summed E-state index contributed by atoms with van der Waals surface area (Å²) >= 11 is 0. The van der Waals surface area contributed by atoms with E-state index in [0.29, 0.717) is 11.5 Å². The van der Waals surface area contributed by atoms with Crippen LogP contribution in [-0.2, 0) is 9.84 Å². The van der Waals surface area contributed by atoms with Gasteiger partial charge in [0.1, 0.15) is 0 Å². The number of rotatable bonds is 13. The van der Waals surface area contributed by atoms with Crippen LogP contribution in [0, 0.1) is 5.92 Å². The molecule has 0 saturated carbocycles. The minimum absolute atomic E-state index is 0.367. The van der Waals surface area contributed by atoms with Crippen molar-refractivity contribution in [1.29, 1.82) is 0 Å². The molecule has 0 aromatic rings. The monoisotopic (exact) mass is 345 g/mol. The zero-order valence-electron chi connectivity index (χ0n) is 15.6. The first-order valence-electron chi connectivity index (χ1n) is 10.00. The molecule has 1 fully saturated rings. The number of unbranched alkanes of at least 4 members (excludes halogenated alkanes) is 7. The predicted octanol–water partition coefficient (Wildman–Crippen LogP) is 4.66. The van der Waals surface area contributed by atoms with Crippen LogP contribution in [0.2, 0.25) is 0 Å². The van der Waals surface area contributed by atoms with Gasteiger partial charge in [-0.1, -0.05) is 71.6 Å². The van der Waals surface area contributed by atoms with Crippen molar-refractivity contribution in [2.45, 2.75) is 84.5 Å². The Hall–Kier alpha value is -0.0900. The fraction of sp³-hybridized carbons (Fsp3) is 1.00. The Balaban J connectivity index is 2.30. The molecular weight excluding hydrogens is 306 g/mol. The summed E-state index contributed by atoms with van der Waals surface area (Å²) in [5.74, 6) is 1.51. The second kappa shape index (κ2) is 12.3. The molecule has 3 nitrogen and oxygen atoms in total.